The van der Waals surface area contributed by atoms with Gasteiger partial charge in [-0.15, -0.1) is 0 Å². The second-order valence-corrected chi connectivity index (χ2v) is 4.54. The first kappa shape index (κ1) is 11.8. The van der Waals surface area contributed by atoms with Gasteiger partial charge in [-0.2, -0.15) is 0 Å². The maximum Gasteiger partial charge on any atom is 0.322 e. The summed E-state index contributed by atoms with van der Waals surface area (Å²) < 4.78 is 5.62. The standard InChI is InChI=1S/C10H20BO/c1-7-8-11-12-10(5,6)9(2,3)4/h7-8H,1-6H3. The van der Waals surface area contributed by atoms with E-state index in [2.05, 4.69) is 34.6 Å². The molecule has 0 rings (SSSR count). The Kier molecular flexibility index (Phi) is 4.05. The second kappa shape index (κ2) is 4.13. The van der Waals surface area contributed by atoms with E-state index in [1.165, 1.54) is 0 Å². The van der Waals surface area contributed by atoms with Gasteiger partial charge in [0.05, 0.1) is 5.60 Å². The van der Waals surface area contributed by atoms with Crippen molar-refractivity contribution < 1.29 is 4.65 Å². The van der Waals surface area contributed by atoms with Gasteiger partial charge in [0.1, 0.15) is 0 Å². The summed E-state index contributed by atoms with van der Waals surface area (Å²) in [5.74, 6) is 1.91. The Morgan fingerprint density at radius 1 is 1.08 bits per heavy atom. The van der Waals surface area contributed by atoms with E-state index >= 15 is 0 Å². The molecule has 0 aliphatic carbocycles. The molecule has 1 radical (unpaired) electrons. The van der Waals surface area contributed by atoms with Crippen molar-refractivity contribution in [2.24, 2.45) is 5.41 Å². The third-order valence-corrected chi connectivity index (χ3v) is 2.44. The molecule has 0 saturated heterocycles. The summed E-state index contributed by atoms with van der Waals surface area (Å²) >= 11 is 0. The fourth-order valence-corrected chi connectivity index (χ4v) is 0.465. The van der Waals surface area contributed by atoms with Crippen LogP contribution in [0.4, 0.5) is 0 Å². The maximum absolute atomic E-state index is 5.62. The molecule has 0 spiro atoms. The van der Waals surface area contributed by atoms with Crippen LogP contribution in [0.3, 0.4) is 0 Å². The minimum Gasteiger partial charge on any atom is -0.430 e. The summed E-state index contributed by atoms with van der Waals surface area (Å²) in [7, 11) is 1.76. The first-order chi connectivity index (χ1) is 5.31. The minimum absolute atomic E-state index is 0.119. The van der Waals surface area contributed by atoms with Crippen LogP contribution >= 0.6 is 0 Å². The van der Waals surface area contributed by atoms with Crippen LogP contribution in [0.1, 0.15) is 41.5 Å². The first-order valence-electron chi connectivity index (χ1n) is 4.43. The van der Waals surface area contributed by atoms with Gasteiger partial charge in [-0.25, -0.2) is 0 Å². The van der Waals surface area contributed by atoms with E-state index in [0.29, 0.717) is 0 Å². The van der Waals surface area contributed by atoms with Crippen LogP contribution < -0.4 is 0 Å². The Hall–Kier alpha value is -0.235. The molecule has 12 heavy (non-hydrogen) atoms. The Morgan fingerprint density at radius 2 is 1.58 bits per heavy atom. The van der Waals surface area contributed by atoms with Crippen molar-refractivity contribution >= 4 is 7.48 Å². The molecule has 2 heteroatoms. The third kappa shape index (κ3) is 3.44. The molecule has 0 aromatic rings. The van der Waals surface area contributed by atoms with Gasteiger partial charge in [-0.1, -0.05) is 32.8 Å². The quantitative estimate of drug-likeness (QED) is 0.587. The van der Waals surface area contributed by atoms with Crippen molar-refractivity contribution in [3.8, 4) is 0 Å². The summed E-state index contributed by atoms with van der Waals surface area (Å²) in [4.78, 5) is 0. The maximum atomic E-state index is 5.62. The molecule has 0 saturated carbocycles. The molecular weight excluding hydrogens is 147 g/mol. The molecule has 0 amide bonds. The van der Waals surface area contributed by atoms with Gasteiger partial charge in [0.15, 0.2) is 0 Å². The van der Waals surface area contributed by atoms with E-state index in [0.717, 1.165) is 0 Å². The zero-order chi connectivity index (χ0) is 9.83. The third-order valence-electron chi connectivity index (χ3n) is 2.44. The van der Waals surface area contributed by atoms with Crippen LogP contribution in [0.2, 0.25) is 0 Å². The average molecular weight is 167 g/mol. The largest absolute Gasteiger partial charge is 0.430 e. The molecule has 69 valence electrons. The van der Waals surface area contributed by atoms with E-state index in [-0.39, 0.29) is 11.0 Å². The first-order valence-corrected chi connectivity index (χ1v) is 4.43. The normalized spacial score (nSPS) is 13.8. The lowest BCUT2D eigenvalue weighted by molar-refractivity contribution is 0.00480. The topological polar surface area (TPSA) is 9.23 Å². The zero-order valence-corrected chi connectivity index (χ0v) is 9.14. The molecular formula is C10H20BO. The van der Waals surface area contributed by atoms with Gasteiger partial charge in [0, 0.05) is 0 Å². The molecule has 0 aliphatic heterocycles. The van der Waals surface area contributed by atoms with Crippen LogP contribution in [0.25, 0.3) is 0 Å². The van der Waals surface area contributed by atoms with Crippen LogP contribution in [-0.2, 0) is 4.65 Å². The van der Waals surface area contributed by atoms with E-state index in [1.54, 1.807) is 7.48 Å². The highest BCUT2D eigenvalue weighted by atomic mass is 16.5. The van der Waals surface area contributed by atoms with Gasteiger partial charge in [-0.05, 0) is 26.2 Å². The fraction of sp³-hybridized carbons (Fsp3) is 0.800. The number of hydrogen-bond acceptors (Lipinski definition) is 1. The highest BCUT2D eigenvalue weighted by Crippen LogP contribution is 2.32. The zero-order valence-electron chi connectivity index (χ0n) is 9.14. The van der Waals surface area contributed by atoms with Crippen LogP contribution in [0.15, 0.2) is 12.1 Å². The lowest BCUT2D eigenvalue weighted by Crippen LogP contribution is -2.40. The molecule has 0 aromatic carbocycles. The number of hydrogen-bond donors (Lipinski definition) is 0. The van der Waals surface area contributed by atoms with Gasteiger partial charge in [0.2, 0.25) is 0 Å². The van der Waals surface area contributed by atoms with E-state index < -0.39 is 0 Å². The van der Waals surface area contributed by atoms with Crippen molar-refractivity contribution in [3.63, 3.8) is 0 Å². The molecule has 0 fully saturated rings. The SMILES string of the molecule is CC=C[B]OC(C)(C)C(C)(C)C. The summed E-state index contributed by atoms with van der Waals surface area (Å²) in [5, 5.41) is 0. The van der Waals surface area contributed by atoms with Gasteiger partial charge >= 0.3 is 7.48 Å². The van der Waals surface area contributed by atoms with Gasteiger partial charge in [-0.3, -0.25) is 0 Å². The van der Waals surface area contributed by atoms with Crippen molar-refractivity contribution in [1.82, 2.24) is 0 Å². The summed E-state index contributed by atoms with van der Waals surface area (Å²) in [5.41, 5.74) is 0.0393. The highest BCUT2D eigenvalue weighted by Gasteiger charge is 2.32. The highest BCUT2D eigenvalue weighted by molar-refractivity contribution is 6.34. The van der Waals surface area contributed by atoms with Crippen molar-refractivity contribution in [2.75, 3.05) is 0 Å². The molecule has 0 aliphatic rings. The number of allylic oxidation sites excluding steroid dienone is 1. The van der Waals surface area contributed by atoms with Gasteiger partial charge < -0.3 is 4.65 Å². The van der Waals surface area contributed by atoms with E-state index in [1.807, 2.05) is 19.0 Å². The van der Waals surface area contributed by atoms with Crippen LogP contribution in [0, 0.1) is 5.41 Å². The van der Waals surface area contributed by atoms with E-state index in [9.17, 15) is 0 Å². The molecule has 0 atom stereocenters. The van der Waals surface area contributed by atoms with Crippen LogP contribution in [-0.4, -0.2) is 13.1 Å². The molecule has 0 bridgehead atoms. The van der Waals surface area contributed by atoms with Crippen LogP contribution in [0.5, 0.6) is 0 Å². The smallest absolute Gasteiger partial charge is 0.322 e. The lowest BCUT2D eigenvalue weighted by Gasteiger charge is -2.38. The van der Waals surface area contributed by atoms with Crippen molar-refractivity contribution in [1.29, 1.82) is 0 Å². The monoisotopic (exact) mass is 167 g/mol. The predicted octanol–water partition coefficient (Wildman–Crippen LogP) is 2.98. The lowest BCUT2D eigenvalue weighted by atomic mass is 9.77. The fourth-order valence-electron chi connectivity index (χ4n) is 0.465. The molecule has 0 aromatic heterocycles. The number of rotatable bonds is 3. The molecule has 0 unspecified atom stereocenters. The van der Waals surface area contributed by atoms with Crippen molar-refractivity contribution in [3.05, 3.63) is 12.1 Å². The molecule has 1 nitrogen and oxygen atoms in total. The molecule has 0 N–H and O–H groups in total. The minimum atomic E-state index is -0.119. The summed E-state index contributed by atoms with van der Waals surface area (Å²) in [6.07, 6.45) is 1.96. The Labute approximate surface area is 77.5 Å². The van der Waals surface area contributed by atoms with E-state index in [4.69, 9.17) is 4.65 Å². The van der Waals surface area contributed by atoms with Gasteiger partial charge in [0.25, 0.3) is 0 Å². The average Bonchev–Trinajstić information content (AvgIpc) is 1.85. The Balaban J connectivity index is 4.05. The predicted molar refractivity (Wildman–Crippen MR) is 55.2 cm³/mol. The summed E-state index contributed by atoms with van der Waals surface area (Å²) in [6.45, 7) is 12.7. The Bertz CT molecular complexity index is 154. The van der Waals surface area contributed by atoms with Crippen molar-refractivity contribution in [2.45, 2.75) is 47.1 Å². The Morgan fingerprint density at radius 3 is 1.92 bits per heavy atom. The second-order valence-electron chi connectivity index (χ2n) is 4.54. The summed E-state index contributed by atoms with van der Waals surface area (Å²) in [6, 6.07) is 0. The molecule has 0 heterocycles.